The Morgan fingerprint density at radius 2 is 2.00 bits per heavy atom. The van der Waals surface area contributed by atoms with Crippen LogP contribution in [0.2, 0.25) is 0 Å². The first-order valence-corrected chi connectivity index (χ1v) is 6.17. The molecule has 1 aliphatic rings. The van der Waals surface area contributed by atoms with Crippen LogP contribution in [-0.2, 0) is 5.41 Å². The van der Waals surface area contributed by atoms with Crippen LogP contribution in [0.1, 0.15) is 19.4 Å². The molecule has 2 amide bonds. The predicted octanol–water partition coefficient (Wildman–Crippen LogP) is 0.908. The van der Waals surface area contributed by atoms with E-state index in [9.17, 15) is 4.79 Å². The monoisotopic (exact) mass is 265 g/mol. The summed E-state index contributed by atoms with van der Waals surface area (Å²) in [5, 5.41) is 2.70. The molecule has 1 aromatic carbocycles. The van der Waals surface area contributed by atoms with Gasteiger partial charge in [0.2, 0.25) is 0 Å². The molecule has 0 spiro atoms. The Morgan fingerprint density at radius 1 is 1.32 bits per heavy atom. The van der Waals surface area contributed by atoms with Crippen LogP contribution in [-0.4, -0.2) is 25.8 Å². The first-order chi connectivity index (χ1) is 9.03. The maximum Gasteiger partial charge on any atom is 0.328 e. The Hall–Kier alpha value is -1.95. The highest BCUT2D eigenvalue weighted by atomic mass is 16.6. The van der Waals surface area contributed by atoms with Crippen LogP contribution in [0.25, 0.3) is 0 Å². The lowest BCUT2D eigenvalue weighted by Crippen LogP contribution is -2.44. The van der Waals surface area contributed by atoms with Crippen LogP contribution in [0.5, 0.6) is 11.5 Å². The fourth-order valence-electron chi connectivity index (χ4n) is 1.92. The number of nitrogens with one attached hydrogen (secondary N) is 2. The van der Waals surface area contributed by atoms with Gasteiger partial charge in [-0.2, -0.15) is 0 Å². The van der Waals surface area contributed by atoms with Gasteiger partial charge >= 0.3 is 6.03 Å². The van der Waals surface area contributed by atoms with Crippen molar-refractivity contribution in [3.05, 3.63) is 23.8 Å². The number of amides is 2. The van der Waals surface area contributed by atoms with Gasteiger partial charge in [-0.1, -0.05) is 19.9 Å². The summed E-state index contributed by atoms with van der Waals surface area (Å²) in [5.41, 5.74) is 2.87. The van der Waals surface area contributed by atoms with Crippen molar-refractivity contribution >= 4 is 6.03 Å². The molecule has 0 atom stereocenters. The fourth-order valence-corrected chi connectivity index (χ4v) is 1.92. The zero-order chi connectivity index (χ0) is 13.9. The van der Waals surface area contributed by atoms with E-state index in [1.165, 1.54) is 0 Å². The standard InChI is InChI=1S/C13H19N3O3/c1-13(2,8-15-12(17)16-14)9-3-4-10-11(7-9)19-6-5-18-10/h3-4,7H,5-6,8,14H2,1-2H3,(H2,15,16,17). The van der Waals surface area contributed by atoms with Crippen molar-refractivity contribution in [1.29, 1.82) is 0 Å². The van der Waals surface area contributed by atoms with Gasteiger partial charge in [-0.3, -0.25) is 5.43 Å². The Balaban J connectivity index is 2.13. The molecule has 1 aromatic rings. The molecular weight excluding hydrogens is 246 g/mol. The lowest BCUT2D eigenvalue weighted by atomic mass is 9.84. The molecule has 1 aliphatic heterocycles. The summed E-state index contributed by atoms with van der Waals surface area (Å²) in [7, 11) is 0. The van der Waals surface area contributed by atoms with E-state index in [0.29, 0.717) is 19.8 Å². The summed E-state index contributed by atoms with van der Waals surface area (Å²) in [6, 6.07) is 5.44. The van der Waals surface area contributed by atoms with Gasteiger partial charge in [0.05, 0.1) is 0 Å². The van der Waals surface area contributed by atoms with E-state index < -0.39 is 6.03 Å². The van der Waals surface area contributed by atoms with Crippen LogP contribution in [0.15, 0.2) is 18.2 Å². The second-order valence-electron chi connectivity index (χ2n) is 5.07. The minimum atomic E-state index is -0.398. The number of rotatable bonds is 3. The van der Waals surface area contributed by atoms with E-state index >= 15 is 0 Å². The third-order valence-electron chi connectivity index (χ3n) is 3.15. The lowest BCUT2D eigenvalue weighted by Gasteiger charge is -2.27. The quantitative estimate of drug-likeness (QED) is 0.431. The SMILES string of the molecule is CC(C)(CNC(=O)NN)c1ccc2c(c1)OCCO2. The van der Waals surface area contributed by atoms with Crippen molar-refractivity contribution < 1.29 is 14.3 Å². The molecule has 0 bridgehead atoms. The summed E-state index contributed by atoms with van der Waals surface area (Å²) < 4.78 is 11.0. The van der Waals surface area contributed by atoms with Gasteiger partial charge in [-0.15, -0.1) is 0 Å². The zero-order valence-electron chi connectivity index (χ0n) is 11.2. The number of fused-ring (bicyclic) bond motifs is 1. The normalized spacial score (nSPS) is 13.8. The molecule has 0 fully saturated rings. The van der Waals surface area contributed by atoms with Crippen molar-refractivity contribution in [3.63, 3.8) is 0 Å². The highest BCUT2D eigenvalue weighted by molar-refractivity contribution is 5.73. The first-order valence-electron chi connectivity index (χ1n) is 6.17. The van der Waals surface area contributed by atoms with E-state index in [-0.39, 0.29) is 5.41 Å². The van der Waals surface area contributed by atoms with E-state index in [1.54, 1.807) is 0 Å². The molecular formula is C13H19N3O3. The number of ether oxygens (including phenoxy) is 2. The number of nitrogens with two attached hydrogens (primary N) is 1. The molecule has 0 unspecified atom stereocenters. The maximum atomic E-state index is 11.1. The second-order valence-corrected chi connectivity index (χ2v) is 5.07. The molecule has 0 aromatic heterocycles. The molecule has 6 nitrogen and oxygen atoms in total. The van der Waals surface area contributed by atoms with Gasteiger partial charge in [0.15, 0.2) is 11.5 Å². The van der Waals surface area contributed by atoms with E-state index in [1.807, 2.05) is 37.5 Å². The smallest absolute Gasteiger partial charge is 0.328 e. The molecule has 4 N–H and O–H groups in total. The Morgan fingerprint density at radius 3 is 2.68 bits per heavy atom. The van der Waals surface area contributed by atoms with Crippen molar-refractivity contribution in [2.75, 3.05) is 19.8 Å². The number of hydrazine groups is 1. The number of hydrogen-bond donors (Lipinski definition) is 3. The predicted molar refractivity (Wildman–Crippen MR) is 71.2 cm³/mol. The summed E-state index contributed by atoms with van der Waals surface area (Å²) in [5.74, 6) is 6.55. The Bertz CT molecular complexity index is 474. The average molecular weight is 265 g/mol. The van der Waals surface area contributed by atoms with Crippen molar-refractivity contribution in [2.24, 2.45) is 5.84 Å². The minimum Gasteiger partial charge on any atom is -0.486 e. The summed E-state index contributed by atoms with van der Waals surface area (Å²) in [6.45, 7) is 5.68. The Labute approximate surface area is 112 Å². The maximum absolute atomic E-state index is 11.1. The van der Waals surface area contributed by atoms with Gasteiger partial charge in [0.25, 0.3) is 0 Å². The van der Waals surface area contributed by atoms with Gasteiger partial charge in [0, 0.05) is 12.0 Å². The van der Waals surface area contributed by atoms with Gasteiger partial charge in [0.1, 0.15) is 13.2 Å². The first kappa shape index (κ1) is 13.5. The van der Waals surface area contributed by atoms with Gasteiger partial charge in [-0.25, -0.2) is 10.6 Å². The number of benzene rings is 1. The number of urea groups is 1. The third kappa shape index (κ3) is 3.08. The topological polar surface area (TPSA) is 85.6 Å². The Kier molecular flexibility index (Phi) is 3.80. The van der Waals surface area contributed by atoms with Crippen molar-refractivity contribution in [3.8, 4) is 11.5 Å². The summed E-state index contributed by atoms with van der Waals surface area (Å²) in [6.07, 6.45) is 0. The summed E-state index contributed by atoms with van der Waals surface area (Å²) in [4.78, 5) is 11.1. The van der Waals surface area contributed by atoms with E-state index in [0.717, 1.165) is 17.1 Å². The lowest BCUT2D eigenvalue weighted by molar-refractivity contribution is 0.171. The number of carbonyl (C=O) groups is 1. The van der Waals surface area contributed by atoms with Crippen LogP contribution in [0.3, 0.4) is 0 Å². The second kappa shape index (κ2) is 5.36. The van der Waals surface area contributed by atoms with Gasteiger partial charge in [-0.05, 0) is 17.7 Å². The molecule has 19 heavy (non-hydrogen) atoms. The molecule has 0 radical (unpaired) electrons. The third-order valence-corrected chi connectivity index (χ3v) is 3.15. The average Bonchev–Trinajstić information content (AvgIpc) is 2.44. The fraction of sp³-hybridized carbons (Fsp3) is 0.462. The van der Waals surface area contributed by atoms with Crippen LogP contribution in [0, 0.1) is 0 Å². The number of hydrogen-bond acceptors (Lipinski definition) is 4. The molecule has 6 heteroatoms. The van der Waals surface area contributed by atoms with Crippen LogP contribution >= 0.6 is 0 Å². The molecule has 1 heterocycles. The highest BCUT2D eigenvalue weighted by Crippen LogP contribution is 2.34. The van der Waals surface area contributed by atoms with Crippen LogP contribution < -0.4 is 26.1 Å². The molecule has 0 aliphatic carbocycles. The highest BCUT2D eigenvalue weighted by Gasteiger charge is 2.24. The van der Waals surface area contributed by atoms with E-state index in [4.69, 9.17) is 15.3 Å². The number of carbonyl (C=O) groups excluding carboxylic acids is 1. The minimum absolute atomic E-state index is 0.234. The van der Waals surface area contributed by atoms with Crippen molar-refractivity contribution in [1.82, 2.24) is 10.7 Å². The zero-order valence-corrected chi connectivity index (χ0v) is 11.2. The largest absolute Gasteiger partial charge is 0.486 e. The van der Waals surface area contributed by atoms with Gasteiger partial charge < -0.3 is 14.8 Å². The van der Waals surface area contributed by atoms with Crippen LogP contribution in [0.4, 0.5) is 4.79 Å². The molecule has 0 saturated heterocycles. The van der Waals surface area contributed by atoms with E-state index in [2.05, 4.69) is 5.32 Å². The molecule has 0 saturated carbocycles. The molecule has 104 valence electrons. The molecule has 2 rings (SSSR count). The summed E-state index contributed by atoms with van der Waals surface area (Å²) >= 11 is 0. The van der Waals surface area contributed by atoms with Crippen molar-refractivity contribution in [2.45, 2.75) is 19.3 Å².